The van der Waals surface area contributed by atoms with Gasteiger partial charge in [0.05, 0.1) is 18.4 Å². The molecule has 2 rings (SSSR count). The Hall–Kier alpha value is -2.21. The van der Waals surface area contributed by atoms with Gasteiger partial charge < -0.3 is 14.6 Å². The van der Waals surface area contributed by atoms with Crippen LogP contribution in [-0.4, -0.2) is 28.2 Å². The zero-order valence-electron chi connectivity index (χ0n) is 13.7. The van der Waals surface area contributed by atoms with Gasteiger partial charge in [0.15, 0.2) is 0 Å². The van der Waals surface area contributed by atoms with Gasteiger partial charge in [0, 0.05) is 25.4 Å². The number of carbonyl (C=O) groups is 1. The molecule has 0 radical (unpaired) electrons. The van der Waals surface area contributed by atoms with E-state index in [1.165, 1.54) is 12.1 Å². The molecule has 0 saturated heterocycles. The Kier molecular flexibility index (Phi) is 5.87. The monoisotopic (exact) mass is 319 g/mol. The number of hydrogen-bond donors (Lipinski definition) is 1. The second-order valence-corrected chi connectivity index (χ2v) is 5.56. The van der Waals surface area contributed by atoms with Crippen molar-refractivity contribution in [1.82, 2.24) is 14.9 Å². The lowest BCUT2D eigenvalue weighted by Crippen LogP contribution is -2.25. The van der Waals surface area contributed by atoms with Crippen molar-refractivity contribution in [2.75, 3.05) is 6.61 Å². The summed E-state index contributed by atoms with van der Waals surface area (Å²) in [6.45, 7) is 6.34. The molecule has 1 N–H and O–H groups in total. The number of halogens is 1. The zero-order chi connectivity index (χ0) is 16.8. The highest BCUT2D eigenvalue weighted by Gasteiger charge is 2.10. The van der Waals surface area contributed by atoms with Crippen molar-refractivity contribution in [3.05, 3.63) is 47.8 Å². The summed E-state index contributed by atoms with van der Waals surface area (Å²) in [5, 5.41) is 2.80. The minimum atomic E-state index is -0.334. The molecule has 0 aliphatic carbocycles. The number of imidazole rings is 1. The molecule has 6 heteroatoms. The predicted molar refractivity (Wildman–Crippen MR) is 85.8 cm³/mol. The normalized spacial score (nSPS) is 11.0. The lowest BCUT2D eigenvalue weighted by molar-refractivity contribution is -0.122. The maximum Gasteiger partial charge on any atom is 0.222 e. The summed E-state index contributed by atoms with van der Waals surface area (Å²) in [5.74, 6) is 0.344. The first kappa shape index (κ1) is 17.1. The molecule has 23 heavy (non-hydrogen) atoms. The third-order valence-corrected chi connectivity index (χ3v) is 3.38. The first-order chi connectivity index (χ1) is 11.0. The van der Waals surface area contributed by atoms with Crippen molar-refractivity contribution in [1.29, 1.82) is 0 Å². The van der Waals surface area contributed by atoms with Gasteiger partial charge in [0.2, 0.25) is 5.91 Å². The van der Waals surface area contributed by atoms with Crippen LogP contribution >= 0.6 is 0 Å². The standard InChI is InChI=1S/C17H22FN3O2/c1-12(2)23-9-6-17(22)20-11-14-10-15(18)4-5-16(14)21-8-7-19-13(21)3/h4-5,7-8,10,12H,6,9,11H2,1-3H3,(H,20,22). The smallest absolute Gasteiger partial charge is 0.222 e. The summed E-state index contributed by atoms with van der Waals surface area (Å²) >= 11 is 0. The maximum atomic E-state index is 13.5. The van der Waals surface area contributed by atoms with Gasteiger partial charge in [-0.2, -0.15) is 0 Å². The number of ether oxygens (including phenoxy) is 1. The van der Waals surface area contributed by atoms with Gasteiger partial charge in [0.25, 0.3) is 0 Å². The molecule has 1 heterocycles. The summed E-state index contributed by atoms with van der Waals surface area (Å²) in [5.41, 5.74) is 1.50. The van der Waals surface area contributed by atoms with E-state index in [0.717, 1.165) is 11.5 Å². The number of amides is 1. The fourth-order valence-electron chi connectivity index (χ4n) is 2.23. The van der Waals surface area contributed by atoms with Crippen LogP contribution in [0.1, 0.15) is 31.7 Å². The lowest BCUT2D eigenvalue weighted by atomic mass is 10.1. The highest BCUT2D eigenvalue weighted by atomic mass is 19.1. The number of rotatable bonds is 7. The van der Waals surface area contributed by atoms with E-state index < -0.39 is 0 Å². The topological polar surface area (TPSA) is 56.2 Å². The Balaban J connectivity index is 2.03. The molecule has 1 amide bonds. The molecule has 5 nitrogen and oxygen atoms in total. The van der Waals surface area contributed by atoms with E-state index in [2.05, 4.69) is 10.3 Å². The molecule has 0 saturated carbocycles. The number of nitrogens with zero attached hydrogens (tertiary/aromatic N) is 2. The minimum Gasteiger partial charge on any atom is -0.378 e. The number of aromatic nitrogens is 2. The predicted octanol–water partition coefficient (Wildman–Crippen LogP) is 2.75. The molecule has 0 atom stereocenters. The molecule has 1 aromatic carbocycles. The second kappa shape index (κ2) is 7.87. The van der Waals surface area contributed by atoms with Crippen LogP contribution in [0.4, 0.5) is 4.39 Å². The quantitative estimate of drug-likeness (QED) is 0.854. The highest BCUT2D eigenvalue weighted by Crippen LogP contribution is 2.17. The average Bonchev–Trinajstić information content (AvgIpc) is 2.91. The molecular weight excluding hydrogens is 297 g/mol. The second-order valence-electron chi connectivity index (χ2n) is 5.56. The van der Waals surface area contributed by atoms with Crippen LogP contribution in [0, 0.1) is 12.7 Å². The molecule has 0 spiro atoms. The molecular formula is C17H22FN3O2. The van der Waals surface area contributed by atoms with Crippen molar-refractivity contribution in [2.45, 2.75) is 39.8 Å². The SMILES string of the molecule is Cc1nccn1-c1ccc(F)cc1CNC(=O)CCOC(C)C. The highest BCUT2D eigenvalue weighted by molar-refractivity contribution is 5.76. The van der Waals surface area contributed by atoms with Crippen molar-refractivity contribution >= 4 is 5.91 Å². The first-order valence-electron chi connectivity index (χ1n) is 7.64. The van der Waals surface area contributed by atoms with Gasteiger partial charge in [-0.25, -0.2) is 9.37 Å². The van der Waals surface area contributed by atoms with E-state index in [1.807, 2.05) is 31.5 Å². The molecule has 0 bridgehead atoms. The van der Waals surface area contributed by atoms with Crippen molar-refractivity contribution in [2.24, 2.45) is 0 Å². The van der Waals surface area contributed by atoms with Gasteiger partial charge in [-0.3, -0.25) is 4.79 Å². The van der Waals surface area contributed by atoms with Crippen LogP contribution in [0.15, 0.2) is 30.6 Å². The molecule has 0 aliphatic heterocycles. The number of nitrogens with one attached hydrogen (secondary N) is 1. The third kappa shape index (κ3) is 4.89. The van der Waals surface area contributed by atoms with Crippen molar-refractivity contribution in [3.63, 3.8) is 0 Å². The number of hydrogen-bond acceptors (Lipinski definition) is 3. The molecule has 0 unspecified atom stereocenters. The molecule has 0 aliphatic rings. The third-order valence-electron chi connectivity index (χ3n) is 3.38. The van der Waals surface area contributed by atoms with E-state index in [0.29, 0.717) is 12.2 Å². The lowest BCUT2D eigenvalue weighted by Gasteiger charge is -2.13. The largest absolute Gasteiger partial charge is 0.378 e. The van der Waals surface area contributed by atoms with Gasteiger partial charge in [-0.05, 0) is 44.5 Å². The Bertz CT molecular complexity index is 668. The van der Waals surface area contributed by atoms with Gasteiger partial charge >= 0.3 is 0 Å². The Morgan fingerprint density at radius 3 is 2.87 bits per heavy atom. The van der Waals surface area contributed by atoms with E-state index in [-0.39, 0.29) is 30.8 Å². The molecule has 1 aromatic heterocycles. The fourth-order valence-corrected chi connectivity index (χ4v) is 2.23. The number of benzene rings is 1. The average molecular weight is 319 g/mol. The Morgan fingerprint density at radius 1 is 1.43 bits per heavy atom. The first-order valence-corrected chi connectivity index (χ1v) is 7.64. The summed E-state index contributed by atoms with van der Waals surface area (Å²) < 4.78 is 20.8. The Labute approximate surface area is 135 Å². The summed E-state index contributed by atoms with van der Waals surface area (Å²) in [7, 11) is 0. The van der Waals surface area contributed by atoms with Crippen LogP contribution in [0.2, 0.25) is 0 Å². The summed E-state index contributed by atoms with van der Waals surface area (Å²) in [4.78, 5) is 16.0. The molecule has 0 fully saturated rings. The van der Waals surface area contributed by atoms with Crippen LogP contribution in [0.25, 0.3) is 5.69 Å². The van der Waals surface area contributed by atoms with Crippen LogP contribution in [0.5, 0.6) is 0 Å². The summed E-state index contributed by atoms with van der Waals surface area (Å²) in [6.07, 6.45) is 3.88. The van der Waals surface area contributed by atoms with E-state index in [9.17, 15) is 9.18 Å². The van der Waals surface area contributed by atoms with E-state index in [1.54, 1.807) is 12.3 Å². The van der Waals surface area contributed by atoms with Gasteiger partial charge in [-0.15, -0.1) is 0 Å². The minimum absolute atomic E-state index is 0.0989. The van der Waals surface area contributed by atoms with Crippen LogP contribution in [0.3, 0.4) is 0 Å². The number of aryl methyl sites for hydroxylation is 1. The summed E-state index contributed by atoms with van der Waals surface area (Å²) in [6, 6.07) is 4.52. The van der Waals surface area contributed by atoms with Crippen molar-refractivity contribution in [3.8, 4) is 5.69 Å². The van der Waals surface area contributed by atoms with E-state index >= 15 is 0 Å². The van der Waals surface area contributed by atoms with Crippen LogP contribution < -0.4 is 5.32 Å². The van der Waals surface area contributed by atoms with Crippen LogP contribution in [-0.2, 0) is 16.1 Å². The molecule has 2 aromatic rings. The number of carbonyl (C=O) groups excluding carboxylic acids is 1. The van der Waals surface area contributed by atoms with E-state index in [4.69, 9.17) is 4.74 Å². The van der Waals surface area contributed by atoms with Crippen molar-refractivity contribution < 1.29 is 13.9 Å². The Morgan fingerprint density at radius 2 is 2.22 bits per heavy atom. The zero-order valence-corrected chi connectivity index (χ0v) is 13.7. The van der Waals surface area contributed by atoms with Gasteiger partial charge in [0.1, 0.15) is 11.6 Å². The fraction of sp³-hybridized carbons (Fsp3) is 0.412. The van der Waals surface area contributed by atoms with Gasteiger partial charge in [-0.1, -0.05) is 0 Å². The molecule has 124 valence electrons. The maximum absolute atomic E-state index is 13.5.